The molecular formula is C20H23N3O8S2. The van der Waals surface area contributed by atoms with Gasteiger partial charge in [0.2, 0.25) is 20.0 Å². The van der Waals surface area contributed by atoms with E-state index in [0.717, 1.165) is 18.9 Å². The maximum Gasteiger partial charge on any atom is 0.342 e. The number of benzene rings is 2. The van der Waals surface area contributed by atoms with Gasteiger partial charge in [0.25, 0.3) is 5.91 Å². The second kappa shape index (κ2) is 9.87. The third-order valence-corrected chi connectivity index (χ3v) is 7.72. The third kappa shape index (κ3) is 5.87. The first-order chi connectivity index (χ1) is 15.5. The smallest absolute Gasteiger partial charge is 0.342 e. The van der Waals surface area contributed by atoms with Crippen LogP contribution in [0.3, 0.4) is 0 Å². The van der Waals surface area contributed by atoms with E-state index in [1.165, 1.54) is 47.8 Å². The van der Waals surface area contributed by atoms with E-state index in [2.05, 4.69) is 5.32 Å². The zero-order chi connectivity index (χ0) is 24.2. The molecule has 178 valence electrons. The number of carbonyl (C=O) groups excluding carboxylic acids is 2. The number of nitrogens with two attached hydrogens (primary N) is 1. The van der Waals surface area contributed by atoms with Gasteiger partial charge in [-0.1, -0.05) is 0 Å². The number of hydrogen-bond donors (Lipinski definition) is 2. The molecule has 1 heterocycles. The van der Waals surface area contributed by atoms with Crippen molar-refractivity contribution in [2.75, 3.05) is 32.1 Å². The van der Waals surface area contributed by atoms with Gasteiger partial charge in [0, 0.05) is 18.8 Å². The Morgan fingerprint density at radius 1 is 1.00 bits per heavy atom. The van der Waals surface area contributed by atoms with Crippen molar-refractivity contribution in [3.05, 3.63) is 48.0 Å². The van der Waals surface area contributed by atoms with E-state index in [9.17, 15) is 26.4 Å². The van der Waals surface area contributed by atoms with Crippen molar-refractivity contribution in [1.29, 1.82) is 0 Å². The van der Waals surface area contributed by atoms with E-state index in [0.29, 0.717) is 18.8 Å². The predicted octanol–water partition coefficient (Wildman–Crippen LogP) is 0.923. The molecule has 3 N–H and O–H groups in total. The molecule has 1 aliphatic heterocycles. The highest BCUT2D eigenvalue weighted by molar-refractivity contribution is 7.89. The average Bonchev–Trinajstić information content (AvgIpc) is 3.33. The molecule has 13 heteroatoms. The summed E-state index contributed by atoms with van der Waals surface area (Å²) in [6.07, 6.45) is 1.65. The Labute approximate surface area is 191 Å². The molecule has 1 amide bonds. The van der Waals surface area contributed by atoms with E-state index in [-0.39, 0.29) is 21.1 Å². The maximum absolute atomic E-state index is 12.5. The second-order valence-corrected chi connectivity index (χ2v) is 10.7. The SMILES string of the molecule is COc1ccc(S(N)(=O)=O)cc1C(=O)OCC(=O)Nc1ccc(S(=O)(=O)N2CCCC2)cc1. The molecule has 0 bridgehead atoms. The largest absolute Gasteiger partial charge is 0.496 e. The minimum Gasteiger partial charge on any atom is -0.496 e. The summed E-state index contributed by atoms with van der Waals surface area (Å²) in [5, 5.41) is 7.56. The molecule has 2 aromatic carbocycles. The fourth-order valence-corrected chi connectivity index (χ4v) is 5.27. The van der Waals surface area contributed by atoms with Crippen LogP contribution in [0.5, 0.6) is 5.75 Å². The summed E-state index contributed by atoms with van der Waals surface area (Å²) in [6.45, 7) is 0.295. The van der Waals surface area contributed by atoms with E-state index >= 15 is 0 Å². The molecule has 0 saturated carbocycles. The Bertz CT molecular complexity index is 1250. The van der Waals surface area contributed by atoms with Crippen LogP contribution in [0.4, 0.5) is 5.69 Å². The number of rotatable bonds is 8. The van der Waals surface area contributed by atoms with Crippen LogP contribution in [-0.2, 0) is 29.6 Å². The van der Waals surface area contributed by atoms with Gasteiger partial charge in [-0.15, -0.1) is 0 Å². The Kier molecular flexibility index (Phi) is 7.37. The zero-order valence-electron chi connectivity index (χ0n) is 17.7. The first kappa shape index (κ1) is 24.6. The number of sulfonamides is 2. The molecule has 0 spiro atoms. The summed E-state index contributed by atoms with van der Waals surface area (Å²) < 4.78 is 59.5. The molecule has 3 rings (SSSR count). The third-order valence-electron chi connectivity index (χ3n) is 4.89. The number of primary sulfonamides is 1. The summed E-state index contributed by atoms with van der Waals surface area (Å²) >= 11 is 0. The standard InChI is InChI=1S/C20H23N3O8S2/c1-30-18-9-8-16(32(21,26)27)12-17(18)20(25)31-13-19(24)22-14-4-6-15(7-5-14)33(28,29)23-10-2-3-11-23/h4-9,12H,2-3,10-11,13H2,1H3,(H,22,24)(H2,21,26,27). The van der Waals surface area contributed by atoms with Gasteiger partial charge in [-0.2, -0.15) is 4.31 Å². The van der Waals surface area contributed by atoms with Gasteiger partial charge in [-0.25, -0.2) is 26.8 Å². The molecule has 1 aliphatic rings. The fraction of sp³-hybridized carbons (Fsp3) is 0.300. The number of hydrogen-bond acceptors (Lipinski definition) is 8. The lowest BCUT2D eigenvalue weighted by Gasteiger charge is -2.15. The van der Waals surface area contributed by atoms with Gasteiger partial charge in [-0.3, -0.25) is 4.79 Å². The van der Waals surface area contributed by atoms with Gasteiger partial charge in [-0.05, 0) is 55.3 Å². The average molecular weight is 498 g/mol. The van der Waals surface area contributed by atoms with E-state index in [4.69, 9.17) is 14.6 Å². The van der Waals surface area contributed by atoms with Crippen molar-refractivity contribution >= 4 is 37.6 Å². The Balaban J connectivity index is 1.62. The lowest BCUT2D eigenvalue weighted by atomic mass is 10.2. The maximum atomic E-state index is 12.5. The monoisotopic (exact) mass is 497 g/mol. The van der Waals surface area contributed by atoms with Crippen LogP contribution in [0.2, 0.25) is 0 Å². The van der Waals surface area contributed by atoms with Crippen LogP contribution in [0.1, 0.15) is 23.2 Å². The van der Waals surface area contributed by atoms with Crippen LogP contribution in [0.25, 0.3) is 0 Å². The first-order valence-electron chi connectivity index (χ1n) is 9.80. The topological polar surface area (TPSA) is 162 Å². The molecule has 0 aromatic heterocycles. The molecule has 0 radical (unpaired) electrons. The lowest BCUT2D eigenvalue weighted by molar-refractivity contribution is -0.119. The molecule has 0 unspecified atom stereocenters. The van der Waals surface area contributed by atoms with E-state index in [1.54, 1.807) is 0 Å². The number of amides is 1. The molecular weight excluding hydrogens is 474 g/mol. The first-order valence-corrected chi connectivity index (χ1v) is 12.8. The van der Waals surface area contributed by atoms with Crippen molar-refractivity contribution in [2.45, 2.75) is 22.6 Å². The lowest BCUT2D eigenvalue weighted by Crippen LogP contribution is -2.27. The van der Waals surface area contributed by atoms with Crippen molar-refractivity contribution in [2.24, 2.45) is 5.14 Å². The Morgan fingerprint density at radius 2 is 1.61 bits per heavy atom. The molecule has 11 nitrogen and oxygen atoms in total. The number of methoxy groups -OCH3 is 1. The molecule has 1 saturated heterocycles. The van der Waals surface area contributed by atoms with Gasteiger partial charge in [0.15, 0.2) is 6.61 Å². The number of esters is 1. The van der Waals surface area contributed by atoms with Gasteiger partial charge >= 0.3 is 5.97 Å². The molecule has 2 aromatic rings. The highest BCUT2D eigenvalue weighted by Gasteiger charge is 2.27. The second-order valence-electron chi connectivity index (χ2n) is 7.17. The number of anilines is 1. The summed E-state index contributed by atoms with van der Waals surface area (Å²) in [4.78, 5) is 24.3. The van der Waals surface area contributed by atoms with Crippen LogP contribution in [-0.4, -0.2) is 59.8 Å². The zero-order valence-corrected chi connectivity index (χ0v) is 19.3. The minimum atomic E-state index is -4.06. The van der Waals surface area contributed by atoms with E-state index < -0.39 is 38.5 Å². The molecule has 1 fully saturated rings. The fourth-order valence-electron chi connectivity index (χ4n) is 3.22. The number of ether oxygens (including phenoxy) is 2. The van der Waals surface area contributed by atoms with Crippen molar-refractivity contribution in [3.63, 3.8) is 0 Å². The van der Waals surface area contributed by atoms with Crippen LogP contribution < -0.4 is 15.2 Å². The number of nitrogens with zero attached hydrogens (tertiary/aromatic N) is 1. The number of nitrogens with one attached hydrogen (secondary N) is 1. The van der Waals surface area contributed by atoms with Crippen LogP contribution >= 0.6 is 0 Å². The van der Waals surface area contributed by atoms with Crippen LogP contribution in [0, 0.1) is 0 Å². The van der Waals surface area contributed by atoms with Crippen LogP contribution in [0.15, 0.2) is 52.3 Å². The van der Waals surface area contributed by atoms with Gasteiger partial charge in [0.05, 0.1) is 16.9 Å². The number of carbonyl (C=O) groups is 2. The van der Waals surface area contributed by atoms with Gasteiger partial charge < -0.3 is 14.8 Å². The highest BCUT2D eigenvalue weighted by atomic mass is 32.2. The normalized spacial score (nSPS) is 14.6. The minimum absolute atomic E-state index is 0.0441. The Morgan fingerprint density at radius 3 is 2.18 bits per heavy atom. The summed E-state index contributed by atoms with van der Waals surface area (Å²) in [5.74, 6) is -1.62. The van der Waals surface area contributed by atoms with Crippen molar-refractivity contribution in [1.82, 2.24) is 4.31 Å². The summed E-state index contributed by atoms with van der Waals surface area (Å²) in [6, 6.07) is 9.05. The Hall–Kier alpha value is -3.00. The molecule has 0 aliphatic carbocycles. The quantitative estimate of drug-likeness (QED) is 0.509. The summed E-state index contributed by atoms with van der Waals surface area (Å²) in [7, 11) is -6.35. The summed E-state index contributed by atoms with van der Waals surface area (Å²) in [5.41, 5.74) is 0.0959. The highest BCUT2D eigenvalue weighted by Crippen LogP contribution is 2.24. The van der Waals surface area contributed by atoms with Crippen molar-refractivity contribution in [3.8, 4) is 5.75 Å². The molecule has 33 heavy (non-hydrogen) atoms. The predicted molar refractivity (Wildman–Crippen MR) is 118 cm³/mol. The molecule has 0 atom stereocenters. The van der Waals surface area contributed by atoms with Crippen molar-refractivity contribution < 1.29 is 35.9 Å². The van der Waals surface area contributed by atoms with E-state index in [1.807, 2.05) is 0 Å². The van der Waals surface area contributed by atoms with Gasteiger partial charge in [0.1, 0.15) is 11.3 Å².